The summed E-state index contributed by atoms with van der Waals surface area (Å²) >= 11 is 1.47. The molecule has 2 heterocycles. The van der Waals surface area contributed by atoms with Crippen LogP contribution >= 0.6 is 11.3 Å². The summed E-state index contributed by atoms with van der Waals surface area (Å²) in [5, 5.41) is 21.7. The first kappa shape index (κ1) is 17.5. The lowest BCUT2D eigenvalue weighted by atomic mass is 10.1. The minimum atomic E-state index is 0.219. The lowest BCUT2D eigenvalue weighted by Crippen LogP contribution is -2.26. The molecule has 4 nitrogen and oxygen atoms in total. The molecule has 0 spiro atoms. The maximum absolute atomic E-state index is 10.5. The van der Waals surface area contributed by atoms with E-state index < -0.39 is 0 Å². The number of aliphatic hydroxyl groups excluding tert-OH is 1. The molecule has 1 aliphatic heterocycles. The summed E-state index contributed by atoms with van der Waals surface area (Å²) in [6.07, 6.45) is 0. The van der Waals surface area contributed by atoms with Crippen LogP contribution in [0.3, 0.4) is 0 Å². The molecule has 0 saturated carbocycles. The van der Waals surface area contributed by atoms with Crippen molar-refractivity contribution in [2.45, 2.75) is 20.4 Å². The summed E-state index contributed by atoms with van der Waals surface area (Å²) in [6, 6.07) is 16.5. The summed E-state index contributed by atoms with van der Waals surface area (Å²) in [5.74, 6) is 0.551. The predicted molar refractivity (Wildman–Crippen MR) is 111 cm³/mol. The molecule has 5 heteroatoms. The number of hydrogen-bond donors (Lipinski definition) is 2. The monoisotopic (exact) mass is 375 g/mol. The summed E-state index contributed by atoms with van der Waals surface area (Å²) in [4.78, 5) is 6.56. The topological polar surface area (TPSA) is 60.2 Å². The molecule has 0 aliphatic carbocycles. The fourth-order valence-electron chi connectivity index (χ4n) is 3.15. The third-order valence-electron chi connectivity index (χ3n) is 4.74. The van der Waals surface area contributed by atoms with Crippen LogP contribution < -0.4 is 0 Å². The van der Waals surface area contributed by atoms with E-state index in [0.717, 1.165) is 16.8 Å². The van der Waals surface area contributed by atoms with E-state index in [2.05, 4.69) is 55.2 Å². The molecule has 2 N–H and O–H groups in total. The number of rotatable bonds is 4. The lowest BCUT2D eigenvalue weighted by Gasteiger charge is -2.18. The molecule has 0 amide bonds. The Labute approximate surface area is 163 Å². The van der Waals surface area contributed by atoms with Crippen molar-refractivity contribution >= 4 is 22.7 Å². The van der Waals surface area contributed by atoms with Crippen LogP contribution in [0.4, 0.5) is 0 Å². The second-order valence-electron chi connectivity index (χ2n) is 6.92. The first-order valence-electron chi connectivity index (χ1n) is 8.86. The van der Waals surface area contributed by atoms with Crippen LogP contribution in [0.5, 0.6) is 0 Å². The minimum absolute atomic E-state index is 0.219. The second kappa shape index (κ2) is 7.00. The average Bonchev–Trinajstić information content (AvgIpc) is 3.22. The van der Waals surface area contributed by atoms with Crippen molar-refractivity contribution in [3.8, 4) is 11.3 Å². The number of amidine groups is 1. The highest BCUT2D eigenvalue weighted by molar-refractivity contribution is 7.11. The van der Waals surface area contributed by atoms with Gasteiger partial charge in [-0.25, -0.2) is 4.98 Å². The van der Waals surface area contributed by atoms with Crippen molar-refractivity contribution in [2.75, 3.05) is 6.54 Å². The van der Waals surface area contributed by atoms with Gasteiger partial charge in [0.15, 0.2) is 0 Å². The highest BCUT2D eigenvalue weighted by atomic mass is 32.1. The maximum atomic E-state index is 10.5. The van der Waals surface area contributed by atoms with Gasteiger partial charge in [0.05, 0.1) is 17.8 Å². The normalized spacial score (nSPS) is 14.3. The van der Waals surface area contributed by atoms with Gasteiger partial charge in [0, 0.05) is 17.5 Å². The van der Waals surface area contributed by atoms with Crippen LogP contribution in [-0.4, -0.2) is 27.4 Å². The molecular formula is C22H21N3OS. The summed E-state index contributed by atoms with van der Waals surface area (Å²) in [6.45, 7) is 5.06. The van der Waals surface area contributed by atoms with Crippen LogP contribution in [0.1, 0.15) is 21.7 Å². The van der Waals surface area contributed by atoms with Gasteiger partial charge < -0.3 is 10.0 Å². The van der Waals surface area contributed by atoms with E-state index in [1.165, 1.54) is 22.5 Å². The number of nitrogens with one attached hydrogen (secondary N) is 1. The smallest absolute Gasteiger partial charge is 0.135 e. The minimum Gasteiger partial charge on any atom is -0.510 e. The standard InChI is InChI=1S/C22H21N3OS/c1-14-3-7-16(8-4-14)11-25-12-19(26)20(21(25)23)22-24-18(13-27-22)17-9-5-15(2)6-10-17/h3-10,13,23,26H,11-12H2,1-2H3. The van der Waals surface area contributed by atoms with Gasteiger partial charge in [-0.15, -0.1) is 11.3 Å². The summed E-state index contributed by atoms with van der Waals surface area (Å²) in [7, 11) is 0. The van der Waals surface area contributed by atoms with Gasteiger partial charge in [-0.1, -0.05) is 59.7 Å². The van der Waals surface area contributed by atoms with Crippen LogP contribution in [0, 0.1) is 19.3 Å². The molecular weight excluding hydrogens is 354 g/mol. The number of aryl methyl sites for hydroxylation is 2. The Hall–Kier alpha value is -2.92. The van der Waals surface area contributed by atoms with E-state index in [-0.39, 0.29) is 5.76 Å². The highest BCUT2D eigenvalue weighted by Crippen LogP contribution is 2.32. The quantitative estimate of drug-likeness (QED) is 0.660. The summed E-state index contributed by atoms with van der Waals surface area (Å²) < 4.78 is 0. The lowest BCUT2D eigenvalue weighted by molar-refractivity contribution is 0.347. The van der Waals surface area contributed by atoms with Crippen molar-refractivity contribution in [3.63, 3.8) is 0 Å². The first-order chi connectivity index (χ1) is 13.0. The van der Waals surface area contributed by atoms with Crippen molar-refractivity contribution in [1.82, 2.24) is 9.88 Å². The molecule has 0 fully saturated rings. The van der Waals surface area contributed by atoms with E-state index in [9.17, 15) is 5.11 Å². The molecule has 3 aromatic rings. The average molecular weight is 375 g/mol. The number of hydrogen-bond acceptors (Lipinski definition) is 4. The van der Waals surface area contributed by atoms with Crippen LogP contribution in [-0.2, 0) is 6.54 Å². The number of thiazole rings is 1. The zero-order valence-electron chi connectivity index (χ0n) is 15.4. The second-order valence-corrected chi connectivity index (χ2v) is 7.77. The van der Waals surface area contributed by atoms with Crippen molar-refractivity contribution in [2.24, 2.45) is 0 Å². The van der Waals surface area contributed by atoms with Crippen LogP contribution in [0.25, 0.3) is 16.8 Å². The summed E-state index contributed by atoms with van der Waals surface area (Å²) in [5.41, 5.74) is 6.01. The van der Waals surface area contributed by atoms with E-state index in [1.54, 1.807) is 0 Å². The van der Waals surface area contributed by atoms with Gasteiger partial charge >= 0.3 is 0 Å². The molecule has 0 unspecified atom stereocenters. The first-order valence-corrected chi connectivity index (χ1v) is 9.73. The van der Waals surface area contributed by atoms with Crippen molar-refractivity contribution in [1.29, 1.82) is 5.41 Å². The number of aromatic nitrogens is 1. The van der Waals surface area contributed by atoms with E-state index >= 15 is 0 Å². The Bertz CT molecular complexity index is 1020. The Balaban J connectivity index is 1.55. The van der Waals surface area contributed by atoms with Crippen molar-refractivity contribution in [3.05, 3.63) is 81.4 Å². The van der Waals surface area contributed by atoms with Gasteiger partial charge in [0.2, 0.25) is 0 Å². The molecule has 0 bridgehead atoms. The molecule has 4 rings (SSSR count). The zero-order chi connectivity index (χ0) is 19.0. The van der Waals surface area contributed by atoms with Crippen molar-refractivity contribution < 1.29 is 5.11 Å². The Morgan fingerprint density at radius 3 is 2.33 bits per heavy atom. The molecule has 27 heavy (non-hydrogen) atoms. The van der Waals surface area contributed by atoms with Gasteiger partial charge in [-0.05, 0) is 19.4 Å². The Kier molecular flexibility index (Phi) is 4.54. The van der Waals surface area contributed by atoms with Gasteiger partial charge in [-0.3, -0.25) is 5.41 Å². The molecule has 1 aliphatic rings. The Morgan fingerprint density at radius 1 is 1.04 bits per heavy atom. The van der Waals surface area contributed by atoms with E-state index in [4.69, 9.17) is 5.41 Å². The molecule has 0 saturated heterocycles. The fourth-order valence-corrected chi connectivity index (χ4v) is 4.05. The highest BCUT2D eigenvalue weighted by Gasteiger charge is 2.30. The van der Waals surface area contributed by atoms with Gasteiger partial charge in [0.1, 0.15) is 16.6 Å². The zero-order valence-corrected chi connectivity index (χ0v) is 16.2. The van der Waals surface area contributed by atoms with Crippen LogP contribution in [0.2, 0.25) is 0 Å². The third-order valence-corrected chi connectivity index (χ3v) is 5.60. The maximum Gasteiger partial charge on any atom is 0.135 e. The largest absolute Gasteiger partial charge is 0.510 e. The molecule has 0 atom stereocenters. The van der Waals surface area contributed by atoms with Crippen LogP contribution in [0.15, 0.2) is 59.7 Å². The SMILES string of the molecule is Cc1ccc(CN2CC(O)=C(c3nc(-c4ccc(C)cc4)cs3)C2=N)cc1. The van der Waals surface area contributed by atoms with Gasteiger partial charge in [-0.2, -0.15) is 0 Å². The number of benzene rings is 2. The molecule has 1 aromatic heterocycles. The molecule has 0 radical (unpaired) electrons. The molecule has 2 aromatic carbocycles. The Morgan fingerprint density at radius 2 is 1.67 bits per heavy atom. The van der Waals surface area contributed by atoms with E-state index in [1.807, 2.05) is 22.4 Å². The van der Waals surface area contributed by atoms with Gasteiger partial charge in [0.25, 0.3) is 0 Å². The number of aliphatic hydroxyl groups is 1. The third kappa shape index (κ3) is 3.51. The van der Waals surface area contributed by atoms with E-state index in [0.29, 0.717) is 29.5 Å². The molecule has 136 valence electrons. The number of nitrogens with zero attached hydrogens (tertiary/aromatic N) is 2. The predicted octanol–water partition coefficient (Wildman–Crippen LogP) is 5.19. The fraction of sp³-hybridized carbons (Fsp3) is 0.182.